The minimum atomic E-state index is -0.409. The fraction of sp³-hybridized carbons (Fsp3) is 0.130. The largest absolute Gasteiger partial charge is 0.382 e. The van der Waals surface area contributed by atoms with Crippen molar-refractivity contribution in [1.82, 2.24) is 25.6 Å². The number of halogens is 1. The van der Waals surface area contributed by atoms with Crippen molar-refractivity contribution in [3.05, 3.63) is 82.9 Å². The molecule has 2 aromatic carbocycles. The van der Waals surface area contributed by atoms with E-state index in [9.17, 15) is 4.79 Å². The highest BCUT2D eigenvalue weighted by molar-refractivity contribution is 6.35. The van der Waals surface area contributed by atoms with Crippen molar-refractivity contribution in [3.63, 3.8) is 0 Å². The van der Waals surface area contributed by atoms with Gasteiger partial charge in [0.15, 0.2) is 11.5 Å². The van der Waals surface area contributed by atoms with E-state index in [0.717, 1.165) is 27.6 Å². The number of nitrogens with one attached hydrogen (secondary N) is 2. The van der Waals surface area contributed by atoms with Crippen LogP contribution < -0.4 is 16.4 Å². The average molecular weight is 433 g/mol. The predicted octanol–water partition coefficient (Wildman–Crippen LogP) is 3.58. The molecule has 7 nitrogen and oxygen atoms in total. The quantitative estimate of drug-likeness (QED) is 0.430. The Kier molecular flexibility index (Phi) is 6.06. The molecule has 0 saturated heterocycles. The van der Waals surface area contributed by atoms with Crippen LogP contribution in [0.5, 0.6) is 0 Å². The highest BCUT2D eigenvalue weighted by Gasteiger charge is 2.16. The zero-order valence-electron chi connectivity index (χ0n) is 16.9. The summed E-state index contributed by atoms with van der Waals surface area (Å²) >= 11 is 6.44. The van der Waals surface area contributed by atoms with E-state index in [-0.39, 0.29) is 18.1 Å². The fourth-order valence-electron chi connectivity index (χ4n) is 3.47. The van der Waals surface area contributed by atoms with E-state index in [1.54, 1.807) is 0 Å². The summed E-state index contributed by atoms with van der Waals surface area (Å²) in [7, 11) is 1.90. The summed E-state index contributed by atoms with van der Waals surface area (Å²) in [6.07, 6.45) is 2.87. The second kappa shape index (κ2) is 9.07. The molecular weight excluding hydrogens is 412 g/mol. The van der Waals surface area contributed by atoms with Gasteiger partial charge in [-0.25, -0.2) is 9.97 Å². The first kappa shape index (κ1) is 20.7. The molecule has 0 aliphatic carbocycles. The summed E-state index contributed by atoms with van der Waals surface area (Å²) in [4.78, 5) is 25.4. The van der Waals surface area contributed by atoms with Crippen molar-refractivity contribution in [1.29, 1.82) is 0 Å². The van der Waals surface area contributed by atoms with Gasteiger partial charge in [-0.05, 0) is 36.4 Å². The van der Waals surface area contributed by atoms with Gasteiger partial charge in [0.2, 0.25) is 0 Å². The molecule has 0 atom stereocenters. The van der Waals surface area contributed by atoms with Gasteiger partial charge in [0.25, 0.3) is 5.91 Å². The van der Waals surface area contributed by atoms with E-state index >= 15 is 0 Å². The molecule has 2 aromatic heterocycles. The number of hydrogen-bond donors (Lipinski definition) is 3. The average Bonchev–Trinajstić information content (AvgIpc) is 2.78. The van der Waals surface area contributed by atoms with Gasteiger partial charge in [0.05, 0.1) is 17.8 Å². The van der Waals surface area contributed by atoms with Crippen molar-refractivity contribution in [2.45, 2.75) is 13.1 Å². The number of nitrogens with zero attached hydrogens (tertiary/aromatic N) is 3. The standard InChI is InChI=1S/C23H21ClN6O/c1-26-12-14-5-2-3-6-15(14)16-11-17-18(24)7-4-8-19(17)30-20(16)13-29-23(31)21-22(25)28-10-9-27-21/h2-11,26H,12-13H2,1H3,(H2,25,28)(H,29,31). The lowest BCUT2D eigenvalue weighted by molar-refractivity contribution is 0.0946. The van der Waals surface area contributed by atoms with Crippen LogP contribution in [-0.4, -0.2) is 27.9 Å². The summed E-state index contributed by atoms with van der Waals surface area (Å²) < 4.78 is 0. The highest BCUT2D eigenvalue weighted by atomic mass is 35.5. The zero-order valence-corrected chi connectivity index (χ0v) is 17.6. The normalized spacial score (nSPS) is 10.9. The van der Waals surface area contributed by atoms with Gasteiger partial charge in [-0.1, -0.05) is 41.9 Å². The Morgan fingerprint density at radius 2 is 1.84 bits per heavy atom. The number of nitrogen functional groups attached to an aromatic ring is 1. The number of fused-ring (bicyclic) bond motifs is 1. The Bertz CT molecular complexity index is 1260. The van der Waals surface area contributed by atoms with E-state index in [0.29, 0.717) is 17.3 Å². The van der Waals surface area contributed by atoms with Crippen molar-refractivity contribution in [2.75, 3.05) is 12.8 Å². The SMILES string of the molecule is CNCc1ccccc1-c1cc2c(Cl)cccc2nc1CNC(=O)c1nccnc1N. The van der Waals surface area contributed by atoms with Gasteiger partial charge in [0, 0.05) is 34.9 Å². The molecule has 2 heterocycles. The number of carbonyl (C=O) groups excluding carboxylic acids is 1. The molecule has 8 heteroatoms. The van der Waals surface area contributed by atoms with Gasteiger partial charge in [0.1, 0.15) is 0 Å². The van der Waals surface area contributed by atoms with E-state index in [1.807, 2.05) is 49.5 Å². The van der Waals surface area contributed by atoms with Crippen LogP contribution in [0.2, 0.25) is 5.02 Å². The molecular formula is C23H21ClN6O. The van der Waals surface area contributed by atoms with Gasteiger partial charge in [-0.15, -0.1) is 0 Å². The Hall–Kier alpha value is -3.55. The van der Waals surface area contributed by atoms with E-state index in [4.69, 9.17) is 22.3 Å². The summed E-state index contributed by atoms with van der Waals surface area (Å²) in [6, 6.07) is 15.7. The first-order valence-electron chi connectivity index (χ1n) is 9.74. The molecule has 4 aromatic rings. The zero-order chi connectivity index (χ0) is 21.8. The third-order valence-corrected chi connectivity index (χ3v) is 5.25. The molecule has 0 bridgehead atoms. The molecule has 0 radical (unpaired) electrons. The monoisotopic (exact) mass is 432 g/mol. The maximum absolute atomic E-state index is 12.6. The Morgan fingerprint density at radius 3 is 2.65 bits per heavy atom. The number of pyridine rings is 1. The molecule has 4 N–H and O–H groups in total. The molecule has 0 fully saturated rings. The van der Waals surface area contributed by atoms with Crippen molar-refractivity contribution < 1.29 is 4.79 Å². The van der Waals surface area contributed by atoms with Gasteiger partial charge in [-0.2, -0.15) is 0 Å². The maximum Gasteiger partial charge on any atom is 0.274 e. The maximum atomic E-state index is 12.6. The van der Waals surface area contributed by atoms with Crippen LogP contribution in [0.15, 0.2) is 60.9 Å². The van der Waals surface area contributed by atoms with E-state index < -0.39 is 5.91 Å². The summed E-state index contributed by atoms with van der Waals surface area (Å²) in [5, 5.41) is 7.54. The first-order chi connectivity index (χ1) is 15.1. The third kappa shape index (κ3) is 4.33. The van der Waals surface area contributed by atoms with Crippen LogP contribution in [0.3, 0.4) is 0 Å². The van der Waals surface area contributed by atoms with Gasteiger partial charge in [-0.3, -0.25) is 9.78 Å². The summed E-state index contributed by atoms with van der Waals surface area (Å²) in [5.74, 6) is -0.328. The van der Waals surface area contributed by atoms with E-state index in [1.165, 1.54) is 12.4 Å². The van der Waals surface area contributed by atoms with Crippen LogP contribution in [0, 0.1) is 0 Å². The van der Waals surface area contributed by atoms with Crippen molar-refractivity contribution >= 4 is 34.2 Å². The van der Waals surface area contributed by atoms with Gasteiger partial charge < -0.3 is 16.4 Å². The van der Waals surface area contributed by atoms with Gasteiger partial charge >= 0.3 is 0 Å². The molecule has 0 aliphatic heterocycles. The number of anilines is 1. The molecule has 1 amide bonds. The third-order valence-electron chi connectivity index (χ3n) is 4.92. The molecule has 31 heavy (non-hydrogen) atoms. The molecule has 4 rings (SSSR count). The second-order valence-corrected chi connectivity index (χ2v) is 7.36. The van der Waals surface area contributed by atoms with Crippen LogP contribution in [0.4, 0.5) is 5.82 Å². The smallest absolute Gasteiger partial charge is 0.274 e. The van der Waals surface area contributed by atoms with Crippen LogP contribution in [0.1, 0.15) is 21.7 Å². The highest BCUT2D eigenvalue weighted by Crippen LogP contribution is 2.32. The Morgan fingerprint density at radius 1 is 1.03 bits per heavy atom. The number of aromatic nitrogens is 3. The van der Waals surface area contributed by atoms with Crippen molar-refractivity contribution in [3.8, 4) is 11.1 Å². The molecule has 0 saturated carbocycles. The van der Waals surface area contributed by atoms with Crippen LogP contribution >= 0.6 is 11.6 Å². The summed E-state index contributed by atoms with van der Waals surface area (Å²) in [5.41, 5.74) is 10.4. The van der Waals surface area contributed by atoms with Crippen molar-refractivity contribution in [2.24, 2.45) is 0 Å². The minimum Gasteiger partial charge on any atom is -0.382 e. The first-order valence-corrected chi connectivity index (χ1v) is 10.1. The predicted molar refractivity (Wildman–Crippen MR) is 123 cm³/mol. The number of amides is 1. The number of hydrogen-bond acceptors (Lipinski definition) is 6. The number of benzene rings is 2. The molecule has 0 spiro atoms. The fourth-order valence-corrected chi connectivity index (χ4v) is 3.69. The van der Waals surface area contributed by atoms with E-state index in [2.05, 4.69) is 26.7 Å². The number of nitrogens with two attached hydrogens (primary N) is 1. The minimum absolute atomic E-state index is 0.0813. The summed E-state index contributed by atoms with van der Waals surface area (Å²) in [6.45, 7) is 0.888. The van der Waals surface area contributed by atoms with Crippen LogP contribution in [0.25, 0.3) is 22.0 Å². The molecule has 0 aliphatic rings. The number of carbonyl (C=O) groups is 1. The topological polar surface area (TPSA) is 106 Å². The Labute approximate surface area is 184 Å². The lowest BCUT2D eigenvalue weighted by Crippen LogP contribution is -2.26. The lowest BCUT2D eigenvalue weighted by atomic mass is 9.96. The van der Waals surface area contributed by atoms with Crippen LogP contribution in [-0.2, 0) is 13.1 Å². The lowest BCUT2D eigenvalue weighted by Gasteiger charge is -2.16. The second-order valence-electron chi connectivity index (χ2n) is 6.95. The Balaban J connectivity index is 1.78. The number of rotatable bonds is 6. The molecule has 0 unspecified atom stereocenters. The molecule has 156 valence electrons.